The summed E-state index contributed by atoms with van der Waals surface area (Å²) in [6, 6.07) is 0. The Kier molecular flexibility index (Phi) is 11.3. The molecule has 2 aliphatic rings. The van der Waals surface area contributed by atoms with Gasteiger partial charge in [0.05, 0.1) is 30.7 Å². The molecule has 2 fully saturated rings. The summed E-state index contributed by atoms with van der Waals surface area (Å²) in [4.78, 5) is 48.5. The molecular formula is C27H45O7P. The molecule has 5 unspecified atom stereocenters. The smallest absolute Gasteiger partial charge is 0.309 e. The molecule has 0 bridgehead atoms. The van der Waals surface area contributed by atoms with Crippen LogP contribution in [0.4, 0.5) is 0 Å². The molecule has 0 aromatic heterocycles. The van der Waals surface area contributed by atoms with Gasteiger partial charge in [0.25, 0.3) is 0 Å². The molecule has 2 rings (SSSR count). The Balaban J connectivity index is 1.69. The highest BCUT2D eigenvalue weighted by atomic mass is 31.0. The average Bonchev–Trinajstić information content (AvgIpc) is 2.78. The molecule has 0 amide bonds. The Hall–Kier alpha value is -1.33. The van der Waals surface area contributed by atoms with Crippen molar-refractivity contribution in [2.24, 2.45) is 23.7 Å². The van der Waals surface area contributed by atoms with E-state index in [1.165, 1.54) is 0 Å². The zero-order valence-corrected chi connectivity index (χ0v) is 23.4. The monoisotopic (exact) mass is 512 g/mol. The number of ketones is 1. The van der Waals surface area contributed by atoms with E-state index in [1.807, 2.05) is 27.7 Å². The molecule has 0 spiro atoms. The van der Waals surface area contributed by atoms with Crippen LogP contribution >= 0.6 is 9.24 Å². The first-order valence-corrected chi connectivity index (χ1v) is 13.7. The molecule has 0 N–H and O–H groups in total. The van der Waals surface area contributed by atoms with E-state index in [4.69, 9.17) is 14.2 Å². The number of hydrogen-bond acceptors (Lipinski definition) is 7. The van der Waals surface area contributed by atoms with Crippen LogP contribution in [0.2, 0.25) is 0 Å². The highest BCUT2D eigenvalue weighted by molar-refractivity contribution is 7.40. The Morgan fingerprint density at radius 2 is 1.26 bits per heavy atom. The van der Waals surface area contributed by atoms with E-state index in [0.29, 0.717) is 32.3 Å². The fourth-order valence-corrected chi connectivity index (χ4v) is 5.31. The zero-order valence-electron chi connectivity index (χ0n) is 22.2. The first kappa shape index (κ1) is 29.9. The first-order valence-electron chi connectivity index (χ1n) is 13.1. The molecular weight excluding hydrogens is 467 g/mol. The summed E-state index contributed by atoms with van der Waals surface area (Å²) in [5.74, 6) is -0.793. The summed E-state index contributed by atoms with van der Waals surface area (Å²) in [7, 11) is 2.23. The topological polar surface area (TPSA) is 96.0 Å². The van der Waals surface area contributed by atoms with Crippen LogP contribution < -0.4 is 0 Å². The maximum atomic E-state index is 12.7. The van der Waals surface area contributed by atoms with Crippen molar-refractivity contribution in [2.75, 3.05) is 13.2 Å². The molecule has 0 aromatic rings. The van der Waals surface area contributed by atoms with E-state index in [-0.39, 0.29) is 53.5 Å². The fourth-order valence-electron chi connectivity index (χ4n) is 5.00. The van der Waals surface area contributed by atoms with Gasteiger partial charge >= 0.3 is 11.9 Å². The van der Waals surface area contributed by atoms with Crippen LogP contribution in [-0.2, 0) is 33.4 Å². The SMILES string of the molecule is CC(=O)C1CCCC(C(=O)OC(C)(C)CCOC(C)(C)CCOC(=O)C2CCCC(C(=O)P)C2)C1. The third-order valence-corrected chi connectivity index (χ3v) is 7.99. The van der Waals surface area contributed by atoms with Gasteiger partial charge in [0.1, 0.15) is 11.4 Å². The molecule has 35 heavy (non-hydrogen) atoms. The van der Waals surface area contributed by atoms with Crippen molar-refractivity contribution in [3.63, 3.8) is 0 Å². The number of carbonyl (C=O) groups is 4. The minimum atomic E-state index is -0.671. The highest BCUT2D eigenvalue weighted by Crippen LogP contribution is 2.33. The van der Waals surface area contributed by atoms with Gasteiger partial charge in [0.2, 0.25) is 0 Å². The van der Waals surface area contributed by atoms with Gasteiger partial charge in [-0.25, -0.2) is 0 Å². The summed E-state index contributed by atoms with van der Waals surface area (Å²) in [6.07, 6.45) is 7.25. The lowest BCUT2D eigenvalue weighted by Gasteiger charge is -2.32. The predicted molar refractivity (Wildman–Crippen MR) is 137 cm³/mol. The molecule has 0 aliphatic heterocycles. The molecule has 0 heterocycles. The molecule has 200 valence electrons. The summed E-state index contributed by atoms with van der Waals surface area (Å²) in [5.41, 5.74) is -1.09. The highest BCUT2D eigenvalue weighted by Gasteiger charge is 2.34. The van der Waals surface area contributed by atoms with Crippen LogP contribution in [0.25, 0.3) is 0 Å². The molecule has 2 saturated carbocycles. The van der Waals surface area contributed by atoms with Crippen molar-refractivity contribution in [1.29, 1.82) is 0 Å². The molecule has 0 saturated heterocycles. The molecule has 8 heteroatoms. The van der Waals surface area contributed by atoms with Crippen LogP contribution in [-0.4, -0.2) is 47.7 Å². The lowest BCUT2D eigenvalue weighted by molar-refractivity contribution is -0.166. The third-order valence-electron chi connectivity index (χ3n) is 7.51. The van der Waals surface area contributed by atoms with Crippen LogP contribution in [0.1, 0.15) is 98.8 Å². The van der Waals surface area contributed by atoms with Gasteiger partial charge in [0, 0.05) is 24.7 Å². The molecule has 5 atom stereocenters. The van der Waals surface area contributed by atoms with Crippen molar-refractivity contribution < 1.29 is 33.4 Å². The quantitative estimate of drug-likeness (QED) is 0.267. The number of ether oxygens (including phenoxy) is 3. The van der Waals surface area contributed by atoms with Crippen molar-refractivity contribution >= 4 is 32.5 Å². The van der Waals surface area contributed by atoms with Gasteiger partial charge in [-0.1, -0.05) is 22.1 Å². The van der Waals surface area contributed by atoms with Gasteiger partial charge in [0.15, 0.2) is 5.52 Å². The average molecular weight is 513 g/mol. The predicted octanol–water partition coefficient (Wildman–Crippen LogP) is 5.03. The van der Waals surface area contributed by atoms with Gasteiger partial charge in [-0.15, -0.1) is 0 Å². The Morgan fingerprint density at radius 3 is 1.86 bits per heavy atom. The van der Waals surface area contributed by atoms with E-state index in [1.54, 1.807) is 6.92 Å². The zero-order chi connectivity index (χ0) is 26.2. The van der Waals surface area contributed by atoms with Gasteiger partial charge in [-0.3, -0.25) is 19.2 Å². The van der Waals surface area contributed by atoms with Crippen molar-refractivity contribution in [2.45, 2.75) is 110 Å². The van der Waals surface area contributed by atoms with Gasteiger partial charge in [-0.2, -0.15) is 0 Å². The van der Waals surface area contributed by atoms with Crippen LogP contribution in [0.15, 0.2) is 0 Å². The maximum absolute atomic E-state index is 12.7. The maximum Gasteiger partial charge on any atom is 0.309 e. The van der Waals surface area contributed by atoms with E-state index in [2.05, 4.69) is 9.24 Å². The minimum absolute atomic E-state index is 0.0321. The second-order valence-corrected chi connectivity index (χ2v) is 12.2. The number of Topliss-reactive ketones (excluding diaryl/α,β-unsaturated/α-hetero) is 1. The molecule has 0 aromatic carbocycles. The molecule has 7 nitrogen and oxygen atoms in total. The van der Waals surface area contributed by atoms with Crippen molar-refractivity contribution in [3.8, 4) is 0 Å². The van der Waals surface area contributed by atoms with E-state index >= 15 is 0 Å². The van der Waals surface area contributed by atoms with Crippen molar-refractivity contribution in [1.82, 2.24) is 0 Å². The Labute approximate surface area is 213 Å². The second-order valence-electron chi connectivity index (χ2n) is 11.6. The summed E-state index contributed by atoms with van der Waals surface area (Å²) in [6.45, 7) is 9.93. The lowest BCUT2D eigenvalue weighted by Crippen LogP contribution is -2.36. The second kappa shape index (κ2) is 13.3. The first-order chi connectivity index (χ1) is 16.3. The lowest BCUT2D eigenvalue weighted by atomic mass is 9.79. The summed E-state index contributed by atoms with van der Waals surface area (Å²) < 4.78 is 17.3. The normalized spacial score (nSPS) is 25.5. The number of rotatable bonds is 12. The van der Waals surface area contributed by atoms with Gasteiger partial charge in [-0.05, 0) is 73.1 Å². The third kappa shape index (κ3) is 10.3. The molecule has 2 aliphatic carbocycles. The Bertz CT molecular complexity index is 761. The van der Waals surface area contributed by atoms with E-state index in [9.17, 15) is 19.2 Å². The Morgan fingerprint density at radius 1 is 0.743 bits per heavy atom. The van der Waals surface area contributed by atoms with E-state index < -0.39 is 11.2 Å². The van der Waals surface area contributed by atoms with Crippen LogP contribution in [0.3, 0.4) is 0 Å². The van der Waals surface area contributed by atoms with E-state index in [0.717, 1.165) is 38.5 Å². The minimum Gasteiger partial charge on any atom is -0.465 e. The fraction of sp³-hybridized carbons (Fsp3) is 0.852. The van der Waals surface area contributed by atoms with Gasteiger partial charge < -0.3 is 14.2 Å². The van der Waals surface area contributed by atoms with Crippen LogP contribution in [0.5, 0.6) is 0 Å². The summed E-state index contributed by atoms with van der Waals surface area (Å²) in [5, 5.41) is 0. The largest absolute Gasteiger partial charge is 0.465 e. The number of esters is 2. The summed E-state index contributed by atoms with van der Waals surface area (Å²) >= 11 is 0. The van der Waals surface area contributed by atoms with Crippen molar-refractivity contribution in [3.05, 3.63) is 0 Å². The molecule has 0 radical (unpaired) electrons. The number of hydrogen-bond donors (Lipinski definition) is 0. The number of carbonyl (C=O) groups excluding carboxylic acids is 4. The van der Waals surface area contributed by atoms with Crippen LogP contribution in [0, 0.1) is 23.7 Å². The standard InChI is InChI=1S/C27H45O7P/c1-18(28)19-8-6-10-21(16-19)24(30)34-27(4,5)13-15-33-26(2,3)12-14-32-23(29)20-9-7-11-22(17-20)25(31)35/h19-22H,6-17,35H2,1-5H3.